The third-order valence-electron chi connectivity index (χ3n) is 2.94. The SMILES string of the molecule is CN1C(=O)S/C(=C\c2ccc(-c3ccccc3)o2)C1=S. The number of carbonyl (C=O) groups excluding carboxylic acids is 1. The first-order chi connectivity index (χ1) is 9.65. The summed E-state index contributed by atoms with van der Waals surface area (Å²) >= 11 is 6.34. The number of rotatable bonds is 2. The Kier molecular flexibility index (Phi) is 3.46. The lowest BCUT2D eigenvalue weighted by Crippen LogP contribution is -2.20. The molecule has 1 amide bonds. The molecule has 20 heavy (non-hydrogen) atoms. The Labute approximate surface area is 126 Å². The first-order valence-electron chi connectivity index (χ1n) is 6.02. The van der Waals surface area contributed by atoms with Gasteiger partial charge in [0.05, 0.1) is 4.91 Å². The molecule has 1 fully saturated rings. The Balaban J connectivity index is 1.89. The van der Waals surface area contributed by atoms with Crippen LogP contribution in [0.4, 0.5) is 4.79 Å². The highest BCUT2D eigenvalue weighted by atomic mass is 32.2. The van der Waals surface area contributed by atoms with Gasteiger partial charge in [0.25, 0.3) is 5.24 Å². The van der Waals surface area contributed by atoms with Gasteiger partial charge in [0.1, 0.15) is 16.5 Å². The second-order valence-corrected chi connectivity index (χ2v) is 5.69. The van der Waals surface area contributed by atoms with Gasteiger partial charge in [-0.25, -0.2) is 0 Å². The lowest BCUT2D eigenvalue weighted by Gasteiger charge is -2.04. The van der Waals surface area contributed by atoms with Crippen LogP contribution in [0.25, 0.3) is 17.4 Å². The average Bonchev–Trinajstić information content (AvgIpc) is 3.02. The molecular formula is C15H11NO2S2. The summed E-state index contributed by atoms with van der Waals surface area (Å²) in [5.74, 6) is 1.49. The van der Waals surface area contributed by atoms with E-state index in [-0.39, 0.29) is 5.24 Å². The molecular weight excluding hydrogens is 290 g/mol. The maximum Gasteiger partial charge on any atom is 0.291 e. The van der Waals surface area contributed by atoms with Crippen LogP contribution < -0.4 is 0 Å². The molecule has 0 unspecified atom stereocenters. The average molecular weight is 301 g/mol. The van der Waals surface area contributed by atoms with Crippen molar-refractivity contribution in [2.75, 3.05) is 7.05 Å². The largest absolute Gasteiger partial charge is 0.457 e. The number of carbonyl (C=O) groups is 1. The predicted octanol–water partition coefficient (Wildman–Crippen LogP) is 4.41. The van der Waals surface area contributed by atoms with Crippen molar-refractivity contribution in [1.82, 2.24) is 4.90 Å². The van der Waals surface area contributed by atoms with Crippen LogP contribution in [-0.4, -0.2) is 22.2 Å². The number of likely N-dealkylation sites (N-methyl/N-ethyl adjacent to an activating group) is 1. The monoisotopic (exact) mass is 301 g/mol. The minimum atomic E-state index is -0.0592. The molecule has 0 aliphatic carbocycles. The summed E-state index contributed by atoms with van der Waals surface area (Å²) in [5.41, 5.74) is 1.02. The number of thioether (sulfide) groups is 1. The van der Waals surface area contributed by atoms with Gasteiger partial charge in [-0.1, -0.05) is 42.5 Å². The van der Waals surface area contributed by atoms with E-state index < -0.39 is 0 Å². The Morgan fingerprint density at radius 3 is 2.60 bits per heavy atom. The van der Waals surface area contributed by atoms with Crippen LogP contribution in [-0.2, 0) is 0 Å². The van der Waals surface area contributed by atoms with E-state index in [1.807, 2.05) is 42.5 Å². The van der Waals surface area contributed by atoms with E-state index >= 15 is 0 Å². The van der Waals surface area contributed by atoms with Crippen LogP contribution in [0.3, 0.4) is 0 Å². The van der Waals surface area contributed by atoms with Crippen LogP contribution in [0.2, 0.25) is 0 Å². The molecule has 0 spiro atoms. The lowest BCUT2D eigenvalue weighted by atomic mass is 10.2. The second-order valence-electron chi connectivity index (χ2n) is 4.31. The summed E-state index contributed by atoms with van der Waals surface area (Å²) in [6.07, 6.45) is 1.81. The first-order valence-corrected chi connectivity index (χ1v) is 7.24. The fraction of sp³-hybridized carbons (Fsp3) is 0.0667. The van der Waals surface area contributed by atoms with Crippen LogP contribution in [0.5, 0.6) is 0 Å². The van der Waals surface area contributed by atoms with Gasteiger partial charge in [0, 0.05) is 12.6 Å². The highest BCUT2D eigenvalue weighted by molar-refractivity contribution is 8.19. The fourth-order valence-corrected chi connectivity index (χ4v) is 3.00. The lowest BCUT2D eigenvalue weighted by molar-refractivity contribution is 0.250. The fourth-order valence-electron chi connectivity index (χ4n) is 1.86. The quantitative estimate of drug-likeness (QED) is 0.607. The molecule has 2 heterocycles. The van der Waals surface area contributed by atoms with Crippen LogP contribution >= 0.6 is 24.0 Å². The van der Waals surface area contributed by atoms with Crippen molar-refractivity contribution in [3.05, 3.63) is 53.1 Å². The second kappa shape index (κ2) is 5.26. The molecule has 0 radical (unpaired) electrons. The molecule has 1 aromatic carbocycles. The summed E-state index contributed by atoms with van der Waals surface area (Å²) in [6.45, 7) is 0. The molecule has 1 aliphatic rings. The zero-order chi connectivity index (χ0) is 14.1. The van der Waals surface area contributed by atoms with Gasteiger partial charge in [-0.2, -0.15) is 0 Å². The van der Waals surface area contributed by atoms with Gasteiger partial charge in [0.15, 0.2) is 0 Å². The minimum Gasteiger partial charge on any atom is -0.457 e. The molecule has 1 aliphatic heterocycles. The van der Waals surface area contributed by atoms with Crippen molar-refractivity contribution < 1.29 is 9.21 Å². The molecule has 0 atom stereocenters. The molecule has 0 N–H and O–H groups in total. The van der Waals surface area contributed by atoms with Crippen molar-refractivity contribution in [3.63, 3.8) is 0 Å². The van der Waals surface area contributed by atoms with E-state index in [0.29, 0.717) is 10.7 Å². The Morgan fingerprint density at radius 2 is 1.95 bits per heavy atom. The van der Waals surface area contributed by atoms with Crippen molar-refractivity contribution in [3.8, 4) is 11.3 Å². The van der Waals surface area contributed by atoms with E-state index in [1.54, 1.807) is 13.1 Å². The number of hydrogen-bond acceptors (Lipinski definition) is 4. The van der Waals surface area contributed by atoms with Crippen molar-refractivity contribution >= 4 is 40.3 Å². The summed E-state index contributed by atoms with van der Waals surface area (Å²) in [5, 5.41) is -0.0592. The van der Waals surface area contributed by atoms with Crippen molar-refractivity contribution in [2.24, 2.45) is 0 Å². The maximum atomic E-state index is 11.5. The molecule has 0 saturated carbocycles. The number of thiocarbonyl (C=S) groups is 1. The Morgan fingerprint density at radius 1 is 1.20 bits per heavy atom. The van der Waals surface area contributed by atoms with E-state index in [9.17, 15) is 4.79 Å². The van der Waals surface area contributed by atoms with E-state index in [0.717, 1.165) is 28.0 Å². The number of hydrogen-bond donors (Lipinski definition) is 0. The normalized spacial score (nSPS) is 17.2. The number of furan rings is 1. The van der Waals surface area contributed by atoms with Gasteiger partial charge in [0.2, 0.25) is 0 Å². The summed E-state index contributed by atoms with van der Waals surface area (Å²) in [7, 11) is 1.68. The van der Waals surface area contributed by atoms with E-state index in [4.69, 9.17) is 16.6 Å². The number of nitrogens with zero attached hydrogens (tertiary/aromatic N) is 1. The molecule has 2 aromatic rings. The zero-order valence-corrected chi connectivity index (χ0v) is 12.3. The van der Waals surface area contributed by atoms with Crippen LogP contribution in [0.1, 0.15) is 5.76 Å². The van der Waals surface area contributed by atoms with Gasteiger partial charge in [-0.05, 0) is 30.0 Å². The van der Waals surface area contributed by atoms with Crippen molar-refractivity contribution in [2.45, 2.75) is 0 Å². The summed E-state index contributed by atoms with van der Waals surface area (Å²) < 4.78 is 5.77. The summed E-state index contributed by atoms with van der Waals surface area (Å²) in [4.78, 5) is 14.3. The Bertz CT molecular complexity index is 704. The maximum absolute atomic E-state index is 11.5. The molecule has 3 nitrogen and oxygen atoms in total. The highest BCUT2D eigenvalue weighted by Crippen LogP contribution is 2.33. The Hall–Kier alpha value is -1.85. The van der Waals surface area contributed by atoms with Crippen molar-refractivity contribution in [1.29, 1.82) is 0 Å². The van der Waals surface area contributed by atoms with Crippen LogP contribution in [0, 0.1) is 0 Å². The standard InChI is InChI=1S/C15H11NO2S2/c1-16-14(19)13(20-15(16)17)9-11-7-8-12(18-11)10-5-3-2-4-6-10/h2-9H,1H3/b13-9-. The zero-order valence-electron chi connectivity index (χ0n) is 10.7. The van der Waals surface area contributed by atoms with Crippen LogP contribution in [0.15, 0.2) is 51.8 Å². The summed E-state index contributed by atoms with van der Waals surface area (Å²) in [6, 6.07) is 13.7. The van der Waals surface area contributed by atoms with E-state index in [2.05, 4.69) is 0 Å². The highest BCUT2D eigenvalue weighted by Gasteiger charge is 2.28. The van der Waals surface area contributed by atoms with Gasteiger partial charge in [-0.3, -0.25) is 9.69 Å². The number of benzene rings is 1. The molecule has 0 bridgehead atoms. The molecule has 5 heteroatoms. The van der Waals surface area contributed by atoms with Gasteiger partial charge in [-0.15, -0.1) is 0 Å². The molecule has 100 valence electrons. The third kappa shape index (κ3) is 2.42. The predicted molar refractivity (Wildman–Crippen MR) is 85.5 cm³/mol. The molecule has 1 aromatic heterocycles. The van der Waals surface area contributed by atoms with Gasteiger partial charge < -0.3 is 4.42 Å². The molecule has 3 rings (SSSR count). The smallest absolute Gasteiger partial charge is 0.291 e. The minimum absolute atomic E-state index is 0.0592. The topological polar surface area (TPSA) is 33.5 Å². The number of amides is 1. The molecule has 1 saturated heterocycles. The first kappa shape index (κ1) is 13.1. The van der Waals surface area contributed by atoms with E-state index in [1.165, 1.54) is 4.90 Å². The van der Waals surface area contributed by atoms with Gasteiger partial charge >= 0.3 is 0 Å². The third-order valence-corrected chi connectivity index (χ3v) is 4.55.